The number of hydrogen-bond donors (Lipinski definition) is 0. The molecule has 0 aliphatic carbocycles. The van der Waals surface area contributed by atoms with Crippen LogP contribution in [0.2, 0.25) is 18.1 Å². The second kappa shape index (κ2) is 9.84. The van der Waals surface area contributed by atoms with E-state index in [9.17, 15) is 9.59 Å². The molecule has 2 unspecified atom stereocenters. The first-order valence-electron chi connectivity index (χ1n) is 12.5. The van der Waals surface area contributed by atoms with Gasteiger partial charge in [0.15, 0.2) is 8.32 Å². The second-order valence-corrected chi connectivity index (χ2v) is 18.1. The number of likely N-dealkylation sites (tertiary alicyclic amines) is 2. The molecule has 0 spiro atoms. The van der Waals surface area contributed by atoms with Crippen molar-refractivity contribution in [3.05, 3.63) is 12.7 Å². The highest BCUT2D eigenvalue weighted by Crippen LogP contribution is 2.41. The van der Waals surface area contributed by atoms with Crippen molar-refractivity contribution in [3.63, 3.8) is 0 Å². The van der Waals surface area contributed by atoms with Crippen LogP contribution in [-0.2, 0) is 13.9 Å². The van der Waals surface area contributed by atoms with Crippen LogP contribution in [0.3, 0.4) is 0 Å². The van der Waals surface area contributed by atoms with Gasteiger partial charge in [-0.2, -0.15) is 0 Å². The molecule has 2 aliphatic heterocycles. The van der Waals surface area contributed by atoms with Crippen LogP contribution in [-0.4, -0.2) is 72.8 Å². The van der Waals surface area contributed by atoms with Gasteiger partial charge in [-0.3, -0.25) is 0 Å². The van der Waals surface area contributed by atoms with Crippen LogP contribution < -0.4 is 0 Å². The van der Waals surface area contributed by atoms with Gasteiger partial charge in [0, 0.05) is 19.1 Å². The Labute approximate surface area is 208 Å². The molecule has 2 fully saturated rings. The van der Waals surface area contributed by atoms with Crippen molar-refractivity contribution in [3.8, 4) is 0 Å². The van der Waals surface area contributed by atoms with Gasteiger partial charge in [-0.25, -0.2) is 9.59 Å². The Morgan fingerprint density at radius 2 is 1.35 bits per heavy atom. The van der Waals surface area contributed by atoms with E-state index in [1.54, 1.807) is 11.0 Å². The molecule has 0 radical (unpaired) electrons. The highest BCUT2D eigenvalue weighted by Gasteiger charge is 2.49. The summed E-state index contributed by atoms with van der Waals surface area (Å²) in [4.78, 5) is 29.7. The Bertz CT molecular complexity index is 763. The van der Waals surface area contributed by atoms with Gasteiger partial charge < -0.3 is 23.7 Å². The van der Waals surface area contributed by atoms with Gasteiger partial charge in [0.05, 0.1) is 12.1 Å². The lowest BCUT2D eigenvalue weighted by Gasteiger charge is -2.38. The second-order valence-electron chi connectivity index (χ2n) is 13.4. The lowest BCUT2D eigenvalue weighted by atomic mass is 9.94. The number of carbonyl (C=O) groups is 2. The SMILES string of the molecule is C=CC1CC([C@@H]2C[C@@H](O[Si](C)(C)C(C)(C)C)CN2C(=O)OC(C)(C)C)CN1C(=O)OC(C)(C)C. The summed E-state index contributed by atoms with van der Waals surface area (Å²) in [5.74, 6) is 0.0936. The standard InChI is InChI=1S/C26H48N2O5Si/c1-13-19-14-18(16-27(19)22(29)31-24(2,3)4)21-15-20(33-34(11,12)26(8,9)10)17-28(21)23(30)32-25(5,6)7/h13,18-21H,1,14-17H2,2-12H3/t18?,19?,20-,21+/m1/s1. The van der Waals surface area contributed by atoms with Crippen LogP contribution in [0.15, 0.2) is 12.7 Å². The van der Waals surface area contributed by atoms with Crippen LogP contribution in [0.1, 0.15) is 75.2 Å². The normalized spacial score (nSPS) is 26.6. The first-order valence-corrected chi connectivity index (χ1v) is 15.4. The van der Waals surface area contributed by atoms with Crippen molar-refractivity contribution in [2.75, 3.05) is 13.1 Å². The van der Waals surface area contributed by atoms with Crippen molar-refractivity contribution in [2.24, 2.45) is 5.92 Å². The molecule has 196 valence electrons. The summed E-state index contributed by atoms with van der Waals surface area (Å²) >= 11 is 0. The monoisotopic (exact) mass is 496 g/mol. The highest BCUT2D eigenvalue weighted by atomic mass is 28.4. The molecule has 0 aromatic rings. The summed E-state index contributed by atoms with van der Waals surface area (Å²) in [5.41, 5.74) is -1.15. The van der Waals surface area contributed by atoms with Crippen molar-refractivity contribution < 1.29 is 23.5 Å². The smallest absolute Gasteiger partial charge is 0.410 e. The third-order valence-electron chi connectivity index (χ3n) is 7.02. The van der Waals surface area contributed by atoms with Crippen molar-refractivity contribution in [2.45, 2.75) is 123 Å². The maximum atomic E-state index is 13.2. The highest BCUT2D eigenvalue weighted by molar-refractivity contribution is 6.74. The zero-order chi connectivity index (χ0) is 26.3. The van der Waals surface area contributed by atoms with E-state index in [1.165, 1.54) is 0 Å². The molecule has 0 aromatic heterocycles. The molecule has 2 saturated heterocycles. The van der Waals surface area contributed by atoms with Gasteiger partial charge in [-0.1, -0.05) is 26.8 Å². The number of nitrogens with zero attached hydrogens (tertiary/aromatic N) is 2. The topological polar surface area (TPSA) is 68.3 Å². The number of carbonyl (C=O) groups excluding carboxylic acids is 2. The molecule has 0 aromatic carbocycles. The van der Waals surface area contributed by atoms with E-state index in [-0.39, 0.29) is 41.3 Å². The molecular formula is C26H48N2O5Si. The largest absolute Gasteiger partial charge is 0.444 e. The van der Waals surface area contributed by atoms with Crippen LogP contribution in [0.5, 0.6) is 0 Å². The lowest BCUT2D eigenvalue weighted by molar-refractivity contribution is 0.0157. The summed E-state index contributed by atoms with van der Waals surface area (Å²) in [6.45, 7) is 27.4. The summed E-state index contributed by atoms with van der Waals surface area (Å²) in [6.07, 6.45) is 2.58. The van der Waals surface area contributed by atoms with Crippen molar-refractivity contribution >= 4 is 20.5 Å². The van der Waals surface area contributed by atoms with Crippen molar-refractivity contribution in [1.82, 2.24) is 9.80 Å². The molecule has 2 rings (SSSR count). The maximum absolute atomic E-state index is 13.2. The summed E-state index contributed by atoms with van der Waals surface area (Å²) in [5, 5.41) is 0.0800. The number of amides is 2. The predicted octanol–water partition coefficient (Wildman–Crippen LogP) is 6.20. The van der Waals surface area contributed by atoms with E-state index in [4.69, 9.17) is 13.9 Å². The molecule has 2 amide bonds. The minimum Gasteiger partial charge on any atom is -0.444 e. The molecule has 34 heavy (non-hydrogen) atoms. The molecule has 8 heteroatoms. The Morgan fingerprint density at radius 1 is 0.853 bits per heavy atom. The van der Waals surface area contributed by atoms with E-state index in [0.29, 0.717) is 13.1 Å². The quantitative estimate of drug-likeness (QED) is 0.342. The van der Waals surface area contributed by atoms with E-state index in [1.807, 2.05) is 46.4 Å². The Morgan fingerprint density at radius 3 is 1.79 bits per heavy atom. The third-order valence-corrected chi connectivity index (χ3v) is 11.6. The molecule has 2 aliphatic rings. The van der Waals surface area contributed by atoms with Crippen LogP contribution >= 0.6 is 0 Å². The van der Waals surface area contributed by atoms with Crippen LogP contribution in [0, 0.1) is 5.92 Å². The number of rotatable bonds is 4. The van der Waals surface area contributed by atoms with E-state index < -0.39 is 19.5 Å². The zero-order valence-electron chi connectivity index (χ0n) is 23.4. The Kier molecular flexibility index (Phi) is 8.30. The first kappa shape index (κ1) is 28.7. The minimum atomic E-state index is -2.01. The third kappa shape index (κ3) is 7.23. The fraction of sp³-hybridized carbons (Fsp3) is 0.846. The molecular weight excluding hydrogens is 448 g/mol. The summed E-state index contributed by atoms with van der Waals surface area (Å²) in [7, 11) is -2.01. The van der Waals surface area contributed by atoms with E-state index in [2.05, 4.69) is 40.4 Å². The molecule has 2 heterocycles. The lowest BCUT2D eigenvalue weighted by Crippen LogP contribution is -2.45. The molecule has 7 nitrogen and oxygen atoms in total. The van der Waals surface area contributed by atoms with Crippen LogP contribution in [0.25, 0.3) is 0 Å². The Hall–Kier alpha value is -1.54. The minimum absolute atomic E-state index is 0.0452. The fourth-order valence-corrected chi connectivity index (χ4v) is 5.77. The van der Waals surface area contributed by atoms with Gasteiger partial charge in [-0.15, -0.1) is 6.58 Å². The molecule has 4 atom stereocenters. The van der Waals surface area contributed by atoms with Crippen LogP contribution in [0.4, 0.5) is 9.59 Å². The van der Waals surface area contributed by atoms with Gasteiger partial charge >= 0.3 is 12.2 Å². The maximum Gasteiger partial charge on any atom is 0.410 e. The fourth-order valence-electron chi connectivity index (χ4n) is 4.41. The number of hydrogen-bond acceptors (Lipinski definition) is 5. The summed E-state index contributed by atoms with van der Waals surface area (Å²) in [6, 6.07) is -0.194. The average molecular weight is 497 g/mol. The number of ether oxygens (including phenoxy) is 2. The summed E-state index contributed by atoms with van der Waals surface area (Å²) < 4.78 is 18.1. The van der Waals surface area contributed by atoms with Gasteiger partial charge in [0.2, 0.25) is 0 Å². The Balaban J connectivity index is 2.26. The van der Waals surface area contributed by atoms with Gasteiger partial charge in [0.25, 0.3) is 0 Å². The molecule has 0 N–H and O–H groups in total. The molecule has 0 bridgehead atoms. The van der Waals surface area contributed by atoms with E-state index in [0.717, 1.165) is 12.8 Å². The van der Waals surface area contributed by atoms with Gasteiger partial charge in [-0.05, 0) is 78.4 Å². The first-order chi connectivity index (χ1) is 15.2. The van der Waals surface area contributed by atoms with Crippen molar-refractivity contribution in [1.29, 1.82) is 0 Å². The van der Waals surface area contributed by atoms with Gasteiger partial charge in [0.1, 0.15) is 11.2 Å². The predicted molar refractivity (Wildman–Crippen MR) is 138 cm³/mol. The zero-order valence-corrected chi connectivity index (χ0v) is 24.4. The average Bonchev–Trinajstić information content (AvgIpc) is 3.21. The molecule has 0 saturated carbocycles. The van der Waals surface area contributed by atoms with E-state index >= 15 is 0 Å².